The van der Waals surface area contributed by atoms with E-state index >= 15 is 0 Å². The van der Waals surface area contributed by atoms with E-state index in [4.69, 9.17) is 0 Å². The summed E-state index contributed by atoms with van der Waals surface area (Å²) >= 11 is 0. The van der Waals surface area contributed by atoms with Gasteiger partial charge in [0, 0.05) is 5.41 Å². The van der Waals surface area contributed by atoms with E-state index in [1.807, 2.05) is 5.43 Å². The molecule has 2 N–H and O–H groups in total. The highest BCUT2D eigenvalue weighted by Crippen LogP contribution is 2.11. The first-order chi connectivity index (χ1) is 6.29. The summed E-state index contributed by atoms with van der Waals surface area (Å²) in [5.41, 5.74) is 3.39. The zero-order chi connectivity index (χ0) is 11.4. The van der Waals surface area contributed by atoms with Crippen LogP contribution in [0.5, 0.6) is 0 Å². The number of hydrogen-bond acceptors (Lipinski definition) is 4. The van der Waals surface area contributed by atoms with Gasteiger partial charge < -0.3 is 4.74 Å². The van der Waals surface area contributed by atoms with Gasteiger partial charge in [0.05, 0.1) is 7.11 Å². The van der Waals surface area contributed by atoms with E-state index in [1.54, 1.807) is 20.8 Å². The summed E-state index contributed by atoms with van der Waals surface area (Å²) in [7, 11) is 1.08. The number of hydrogen-bond donors (Lipinski definition) is 2. The molecule has 0 heterocycles. The van der Waals surface area contributed by atoms with Crippen LogP contribution in [-0.4, -0.2) is 24.9 Å². The zero-order valence-electron chi connectivity index (χ0n) is 8.63. The fourth-order valence-corrected chi connectivity index (χ4v) is 0.445. The second-order valence-electron chi connectivity index (χ2n) is 3.65. The maximum Gasteiger partial charge on any atom is 0.398 e. The first kappa shape index (κ1) is 12.4. The highest BCUT2D eigenvalue weighted by molar-refractivity contribution is 6.32. The maximum atomic E-state index is 11.2. The van der Waals surface area contributed by atoms with Gasteiger partial charge in [-0.15, -0.1) is 0 Å². The van der Waals surface area contributed by atoms with Crippen LogP contribution in [0, 0.1) is 5.41 Å². The Morgan fingerprint density at radius 3 is 1.93 bits per heavy atom. The Kier molecular flexibility index (Phi) is 4.07. The fraction of sp³-hybridized carbons (Fsp3) is 0.625. The number of nitrogens with one attached hydrogen (secondary N) is 2. The largest absolute Gasteiger partial charge is 0.462 e. The molecule has 0 aromatic heterocycles. The third-order valence-electron chi connectivity index (χ3n) is 1.34. The molecule has 6 nitrogen and oxygen atoms in total. The Labute approximate surface area is 82.0 Å². The van der Waals surface area contributed by atoms with Gasteiger partial charge in [0.15, 0.2) is 0 Å². The predicted octanol–water partition coefficient (Wildman–Crippen LogP) is -0.647. The van der Waals surface area contributed by atoms with Gasteiger partial charge in [-0.2, -0.15) is 0 Å². The fourth-order valence-electron chi connectivity index (χ4n) is 0.445. The Hall–Kier alpha value is -1.59. The van der Waals surface area contributed by atoms with Crippen molar-refractivity contribution in [3.8, 4) is 0 Å². The summed E-state index contributed by atoms with van der Waals surface area (Å²) in [5.74, 6) is -2.46. The molecule has 0 saturated carbocycles. The summed E-state index contributed by atoms with van der Waals surface area (Å²) < 4.78 is 4.13. The summed E-state index contributed by atoms with van der Waals surface area (Å²) in [6, 6.07) is 0. The van der Waals surface area contributed by atoms with E-state index in [-0.39, 0.29) is 0 Å². The maximum absolute atomic E-state index is 11.2. The molecule has 14 heavy (non-hydrogen) atoms. The van der Waals surface area contributed by atoms with E-state index in [0.29, 0.717) is 0 Å². The van der Waals surface area contributed by atoms with E-state index in [2.05, 4.69) is 10.2 Å². The van der Waals surface area contributed by atoms with Gasteiger partial charge in [-0.25, -0.2) is 4.79 Å². The molecular formula is C8H14N2O4. The van der Waals surface area contributed by atoms with Gasteiger partial charge in [-0.3, -0.25) is 20.4 Å². The number of hydrazine groups is 1. The molecule has 2 amide bonds. The SMILES string of the molecule is COC(=O)C(=O)NNC(=O)C(C)(C)C. The summed E-state index contributed by atoms with van der Waals surface area (Å²) in [6.45, 7) is 5.02. The highest BCUT2D eigenvalue weighted by Gasteiger charge is 2.22. The van der Waals surface area contributed by atoms with Crippen LogP contribution in [-0.2, 0) is 19.1 Å². The minimum absolute atomic E-state index is 0.394. The second kappa shape index (κ2) is 4.59. The van der Waals surface area contributed by atoms with Crippen LogP contribution in [0.1, 0.15) is 20.8 Å². The number of ether oxygens (including phenoxy) is 1. The van der Waals surface area contributed by atoms with E-state index in [1.165, 1.54) is 0 Å². The third-order valence-corrected chi connectivity index (χ3v) is 1.34. The molecule has 0 saturated heterocycles. The number of rotatable bonds is 0. The van der Waals surface area contributed by atoms with E-state index in [9.17, 15) is 14.4 Å². The number of carbonyl (C=O) groups excluding carboxylic acids is 3. The lowest BCUT2D eigenvalue weighted by Gasteiger charge is -2.17. The van der Waals surface area contributed by atoms with Gasteiger partial charge in [0.25, 0.3) is 0 Å². The molecule has 0 aromatic carbocycles. The van der Waals surface area contributed by atoms with E-state index < -0.39 is 23.2 Å². The van der Waals surface area contributed by atoms with Crippen molar-refractivity contribution in [2.45, 2.75) is 20.8 Å². The van der Waals surface area contributed by atoms with Crippen LogP contribution in [0.2, 0.25) is 0 Å². The number of methoxy groups -OCH3 is 1. The van der Waals surface area contributed by atoms with Crippen LogP contribution in [0.15, 0.2) is 0 Å². The van der Waals surface area contributed by atoms with Crippen LogP contribution >= 0.6 is 0 Å². The van der Waals surface area contributed by atoms with Crippen molar-refractivity contribution in [1.82, 2.24) is 10.9 Å². The van der Waals surface area contributed by atoms with Gasteiger partial charge >= 0.3 is 11.9 Å². The number of esters is 1. The predicted molar refractivity (Wildman–Crippen MR) is 47.8 cm³/mol. The third kappa shape index (κ3) is 3.88. The lowest BCUT2D eigenvalue weighted by Crippen LogP contribution is -2.49. The van der Waals surface area contributed by atoms with Crippen molar-refractivity contribution in [3.05, 3.63) is 0 Å². The normalized spacial score (nSPS) is 10.3. The average Bonchev–Trinajstić information content (AvgIpc) is 2.10. The summed E-state index contributed by atoms with van der Waals surface area (Å²) in [4.78, 5) is 32.6. The van der Waals surface area contributed by atoms with Crippen molar-refractivity contribution in [2.24, 2.45) is 5.41 Å². The van der Waals surface area contributed by atoms with Crippen molar-refractivity contribution in [3.63, 3.8) is 0 Å². The number of amides is 2. The van der Waals surface area contributed by atoms with Crippen molar-refractivity contribution >= 4 is 17.8 Å². The molecule has 0 radical (unpaired) electrons. The summed E-state index contributed by atoms with van der Waals surface area (Å²) in [6.07, 6.45) is 0. The quantitative estimate of drug-likeness (QED) is 0.310. The van der Waals surface area contributed by atoms with Crippen molar-refractivity contribution in [2.75, 3.05) is 7.11 Å². The Bertz CT molecular complexity index is 255. The molecular weight excluding hydrogens is 188 g/mol. The first-order valence-corrected chi connectivity index (χ1v) is 3.97. The number of carbonyl (C=O) groups is 3. The minimum atomic E-state index is -1.06. The molecule has 0 bridgehead atoms. The Balaban J connectivity index is 4.03. The molecule has 0 spiro atoms. The monoisotopic (exact) mass is 202 g/mol. The lowest BCUT2D eigenvalue weighted by atomic mass is 9.96. The Morgan fingerprint density at radius 2 is 1.57 bits per heavy atom. The van der Waals surface area contributed by atoms with Gasteiger partial charge in [-0.05, 0) is 0 Å². The van der Waals surface area contributed by atoms with E-state index in [0.717, 1.165) is 7.11 Å². The smallest absolute Gasteiger partial charge is 0.398 e. The summed E-state index contributed by atoms with van der Waals surface area (Å²) in [5, 5.41) is 0. The molecule has 0 aliphatic rings. The van der Waals surface area contributed by atoms with Crippen molar-refractivity contribution in [1.29, 1.82) is 0 Å². The molecule has 0 aliphatic carbocycles. The van der Waals surface area contributed by atoms with Gasteiger partial charge in [0.2, 0.25) is 5.91 Å². The molecule has 0 rings (SSSR count). The van der Waals surface area contributed by atoms with Crippen LogP contribution in [0.3, 0.4) is 0 Å². The molecule has 0 aromatic rings. The first-order valence-electron chi connectivity index (χ1n) is 3.97. The molecule has 0 aliphatic heterocycles. The van der Waals surface area contributed by atoms with Crippen LogP contribution in [0.25, 0.3) is 0 Å². The lowest BCUT2D eigenvalue weighted by molar-refractivity contribution is -0.153. The van der Waals surface area contributed by atoms with Crippen LogP contribution < -0.4 is 10.9 Å². The molecule has 0 fully saturated rings. The molecule has 80 valence electrons. The van der Waals surface area contributed by atoms with Gasteiger partial charge in [0.1, 0.15) is 0 Å². The molecule has 0 atom stereocenters. The van der Waals surface area contributed by atoms with Gasteiger partial charge in [-0.1, -0.05) is 20.8 Å². The standard InChI is InChI=1S/C8H14N2O4/c1-8(2,3)7(13)10-9-5(11)6(12)14-4/h1-4H3,(H,9,11)(H,10,13). The highest BCUT2D eigenvalue weighted by atomic mass is 16.5. The average molecular weight is 202 g/mol. The topological polar surface area (TPSA) is 84.5 Å². The molecule has 6 heteroatoms. The molecule has 0 unspecified atom stereocenters. The minimum Gasteiger partial charge on any atom is -0.462 e. The second-order valence-corrected chi connectivity index (χ2v) is 3.65. The van der Waals surface area contributed by atoms with Crippen LogP contribution in [0.4, 0.5) is 0 Å². The Morgan fingerprint density at radius 1 is 1.07 bits per heavy atom. The zero-order valence-corrected chi connectivity index (χ0v) is 8.63. The van der Waals surface area contributed by atoms with Crippen molar-refractivity contribution < 1.29 is 19.1 Å².